The van der Waals surface area contributed by atoms with Gasteiger partial charge >= 0.3 is 0 Å². The SMILES string of the molecule is CCOc1cc2c(cc1CNC(=NC)N1CCN(Cc3ccon3)CC1)OC(C)C2. The van der Waals surface area contributed by atoms with E-state index in [1.54, 1.807) is 6.26 Å². The van der Waals surface area contributed by atoms with Crippen LogP contribution in [0.5, 0.6) is 11.5 Å². The van der Waals surface area contributed by atoms with Crippen molar-refractivity contribution in [2.75, 3.05) is 39.8 Å². The third kappa shape index (κ3) is 4.70. The van der Waals surface area contributed by atoms with Gasteiger partial charge in [-0.1, -0.05) is 5.16 Å². The number of piperazine rings is 1. The lowest BCUT2D eigenvalue weighted by Crippen LogP contribution is -2.52. The van der Waals surface area contributed by atoms with Crippen LogP contribution >= 0.6 is 0 Å². The number of aliphatic imine (C=N–C) groups is 1. The molecule has 1 saturated heterocycles. The molecule has 0 saturated carbocycles. The van der Waals surface area contributed by atoms with E-state index >= 15 is 0 Å². The van der Waals surface area contributed by atoms with E-state index in [1.165, 1.54) is 5.56 Å². The molecule has 0 amide bonds. The Labute approximate surface area is 177 Å². The topological polar surface area (TPSA) is 75.4 Å². The molecule has 162 valence electrons. The Morgan fingerprint density at radius 1 is 1.30 bits per heavy atom. The fourth-order valence-electron chi connectivity index (χ4n) is 4.08. The summed E-state index contributed by atoms with van der Waals surface area (Å²) in [5.74, 6) is 2.81. The van der Waals surface area contributed by atoms with Crippen molar-refractivity contribution in [1.82, 2.24) is 20.3 Å². The highest BCUT2D eigenvalue weighted by Crippen LogP contribution is 2.35. The van der Waals surface area contributed by atoms with Gasteiger partial charge in [0.2, 0.25) is 0 Å². The molecule has 1 aromatic heterocycles. The van der Waals surface area contributed by atoms with Crippen LogP contribution in [0, 0.1) is 0 Å². The summed E-state index contributed by atoms with van der Waals surface area (Å²) >= 11 is 0. The average molecular weight is 414 g/mol. The third-order valence-corrected chi connectivity index (χ3v) is 5.58. The number of hydrogen-bond acceptors (Lipinski definition) is 6. The van der Waals surface area contributed by atoms with Gasteiger partial charge in [-0.05, 0) is 26.0 Å². The largest absolute Gasteiger partial charge is 0.494 e. The number of benzene rings is 1. The summed E-state index contributed by atoms with van der Waals surface area (Å²) in [6, 6.07) is 6.16. The minimum absolute atomic E-state index is 0.221. The van der Waals surface area contributed by atoms with E-state index in [0.29, 0.717) is 13.2 Å². The molecule has 1 N–H and O–H groups in total. The van der Waals surface area contributed by atoms with Gasteiger partial charge in [0, 0.05) is 69.9 Å². The normalized spacial score (nSPS) is 19.5. The predicted molar refractivity (Wildman–Crippen MR) is 115 cm³/mol. The Bertz CT molecular complexity index is 860. The highest BCUT2D eigenvalue weighted by molar-refractivity contribution is 5.80. The van der Waals surface area contributed by atoms with E-state index in [2.05, 4.69) is 44.3 Å². The van der Waals surface area contributed by atoms with Crippen LogP contribution in [0.1, 0.15) is 30.7 Å². The smallest absolute Gasteiger partial charge is 0.194 e. The first kappa shape index (κ1) is 20.5. The molecule has 8 heteroatoms. The zero-order chi connectivity index (χ0) is 20.9. The van der Waals surface area contributed by atoms with Crippen LogP contribution < -0.4 is 14.8 Å². The molecule has 4 rings (SSSR count). The van der Waals surface area contributed by atoms with Crippen molar-refractivity contribution in [1.29, 1.82) is 0 Å². The van der Waals surface area contributed by atoms with Gasteiger partial charge in [-0.3, -0.25) is 9.89 Å². The molecule has 1 fully saturated rings. The first-order valence-corrected chi connectivity index (χ1v) is 10.7. The Balaban J connectivity index is 1.35. The highest BCUT2D eigenvalue weighted by atomic mass is 16.5. The summed E-state index contributed by atoms with van der Waals surface area (Å²) in [5.41, 5.74) is 3.29. The van der Waals surface area contributed by atoms with Crippen molar-refractivity contribution in [2.45, 2.75) is 39.5 Å². The minimum Gasteiger partial charge on any atom is -0.494 e. The molecule has 0 spiro atoms. The van der Waals surface area contributed by atoms with E-state index in [1.807, 2.05) is 20.0 Å². The van der Waals surface area contributed by atoms with E-state index in [0.717, 1.165) is 67.9 Å². The van der Waals surface area contributed by atoms with E-state index in [9.17, 15) is 0 Å². The van der Waals surface area contributed by atoms with E-state index < -0.39 is 0 Å². The van der Waals surface area contributed by atoms with E-state index in [-0.39, 0.29) is 6.10 Å². The molecule has 0 bridgehead atoms. The van der Waals surface area contributed by atoms with Crippen LogP contribution in [-0.2, 0) is 19.5 Å². The number of fused-ring (bicyclic) bond motifs is 1. The molecular weight excluding hydrogens is 382 g/mol. The minimum atomic E-state index is 0.221. The molecule has 1 atom stereocenters. The van der Waals surface area contributed by atoms with Gasteiger partial charge in [0.1, 0.15) is 23.9 Å². The summed E-state index contributed by atoms with van der Waals surface area (Å²) in [6.45, 7) is 9.98. The fraction of sp³-hybridized carbons (Fsp3) is 0.545. The number of nitrogens with zero attached hydrogens (tertiary/aromatic N) is 4. The number of aromatic nitrogens is 1. The van der Waals surface area contributed by atoms with Crippen LogP contribution in [0.2, 0.25) is 0 Å². The van der Waals surface area contributed by atoms with Crippen molar-refractivity contribution >= 4 is 5.96 Å². The average Bonchev–Trinajstić information content (AvgIpc) is 3.38. The number of ether oxygens (including phenoxy) is 2. The van der Waals surface area contributed by atoms with Crippen LogP contribution in [0.4, 0.5) is 0 Å². The van der Waals surface area contributed by atoms with Crippen molar-refractivity contribution in [3.63, 3.8) is 0 Å². The molecule has 1 aromatic carbocycles. The number of nitrogens with one attached hydrogen (secondary N) is 1. The standard InChI is InChI=1S/C22H31N5O3/c1-4-28-20-12-17-11-16(2)30-21(17)13-18(20)14-24-22(23-3)27-8-6-26(7-9-27)15-19-5-10-29-25-19/h5,10,12-13,16H,4,6-9,11,14-15H2,1-3H3,(H,23,24). The lowest BCUT2D eigenvalue weighted by molar-refractivity contribution is 0.169. The summed E-state index contributed by atoms with van der Waals surface area (Å²) < 4.78 is 16.8. The Morgan fingerprint density at radius 3 is 2.83 bits per heavy atom. The summed E-state index contributed by atoms with van der Waals surface area (Å²) in [4.78, 5) is 9.18. The zero-order valence-corrected chi connectivity index (χ0v) is 18.1. The Kier molecular flexibility index (Phi) is 6.42. The molecule has 0 radical (unpaired) electrons. The molecule has 2 aromatic rings. The molecule has 30 heavy (non-hydrogen) atoms. The van der Waals surface area contributed by atoms with Gasteiger partial charge in [0.15, 0.2) is 5.96 Å². The maximum atomic E-state index is 5.94. The lowest BCUT2D eigenvalue weighted by Gasteiger charge is -2.36. The van der Waals surface area contributed by atoms with Crippen molar-refractivity contribution in [3.8, 4) is 11.5 Å². The molecule has 3 heterocycles. The number of rotatable bonds is 6. The quantitative estimate of drug-likeness (QED) is 0.575. The Morgan fingerprint density at radius 2 is 2.13 bits per heavy atom. The molecule has 2 aliphatic rings. The van der Waals surface area contributed by atoms with Crippen molar-refractivity contribution in [3.05, 3.63) is 41.3 Å². The second-order valence-corrected chi connectivity index (χ2v) is 7.79. The molecule has 1 unspecified atom stereocenters. The van der Waals surface area contributed by atoms with Gasteiger partial charge in [0.05, 0.1) is 12.3 Å². The van der Waals surface area contributed by atoms with Crippen molar-refractivity contribution in [2.24, 2.45) is 4.99 Å². The molecular formula is C22H31N5O3. The highest BCUT2D eigenvalue weighted by Gasteiger charge is 2.23. The fourth-order valence-corrected chi connectivity index (χ4v) is 4.08. The second kappa shape index (κ2) is 9.38. The summed E-state index contributed by atoms with van der Waals surface area (Å²) in [6.07, 6.45) is 2.78. The molecule has 2 aliphatic heterocycles. The van der Waals surface area contributed by atoms with E-state index in [4.69, 9.17) is 14.0 Å². The number of guanidine groups is 1. The van der Waals surface area contributed by atoms with Crippen LogP contribution in [0.15, 0.2) is 34.0 Å². The second-order valence-electron chi connectivity index (χ2n) is 7.79. The van der Waals surface area contributed by atoms with Crippen LogP contribution in [0.25, 0.3) is 0 Å². The molecule has 8 nitrogen and oxygen atoms in total. The van der Waals surface area contributed by atoms with Crippen molar-refractivity contribution < 1.29 is 14.0 Å². The number of hydrogen-bond donors (Lipinski definition) is 1. The summed E-state index contributed by atoms with van der Waals surface area (Å²) in [7, 11) is 1.83. The first-order chi connectivity index (χ1) is 14.7. The summed E-state index contributed by atoms with van der Waals surface area (Å²) in [5, 5.41) is 7.52. The van der Waals surface area contributed by atoms with Gasteiger partial charge < -0.3 is 24.2 Å². The maximum absolute atomic E-state index is 5.94. The van der Waals surface area contributed by atoms with Gasteiger partial charge in [-0.15, -0.1) is 0 Å². The lowest BCUT2D eigenvalue weighted by atomic mass is 10.1. The third-order valence-electron chi connectivity index (χ3n) is 5.58. The maximum Gasteiger partial charge on any atom is 0.194 e. The first-order valence-electron chi connectivity index (χ1n) is 10.7. The van der Waals surface area contributed by atoms with Gasteiger partial charge in [0.25, 0.3) is 0 Å². The molecule has 0 aliphatic carbocycles. The van der Waals surface area contributed by atoms with Crippen LogP contribution in [-0.4, -0.2) is 66.9 Å². The van der Waals surface area contributed by atoms with Crippen LogP contribution in [0.3, 0.4) is 0 Å². The van der Waals surface area contributed by atoms with Gasteiger partial charge in [-0.2, -0.15) is 0 Å². The predicted octanol–water partition coefficient (Wildman–Crippen LogP) is 2.29. The van der Waals surface area contributed by atoms with Gasteiger partial charge in [-0.25, -0.2) is 0 Å². The zero-order valence-electron chi connectivity index (χ0n) is 18.1. The monoisotopic (exact) mass is 413 g/mol. The Hall–Kier alpha value is -2.74.